The highest BCUT2D eigenvalue weighted by atomic mass is 35.5. The van der Waals surface area contributed by atoms with Crippen LogP contribution in [0.25, 0.3) is 0 Å². The molecule has 0 aliphatic carbocycles. The molecule has 2 rings (SSSR count). The topological polar surface area (TPSA) is 53.1 Å². The maximum absolute atomic E-state index is 5.81. The van der Waals surface area contributed by atoms with Crippen molar-refractivity contribution in [1.29, 1.82) is 0 Å². The van der Waals surface area contributed by atoms with E-state index in [1.807, 2.05) is 42.1 Å². The van der Waals surface area contributed by atoms with E-state index in [0.29, 0.717) is 12.3 Å². The maximum atomic E-state index is 5.81. The van der Waals surface area contributed by atoms with Gasteiger partial charge in [-0.15, -0.1) is 24.8 Å². The molecule has 0 radical (unpaired) electrons. The van der Waals surface area contributed by atoms with Crippen molar-refractivity contribution < 1.29 is 4.74 Å². The van der Waals surface area contributed by atoms with Crippen LogP contribution in [-0.2, 0) is 13.2 Å². The van der Waals surface area contributed by atoms with Crippen LogP contribution in [0.2, 0.25) is 0 Å². The molecule has 6 heteroatoms. The Morgan fingerprint density at radius 2 is 1.95 bits per heavy atom. The number of nitrogens with two attached hydrogens (primary N) is 1. The smallest absolute Gasteiger partial charge is 0.142 e. The molecule has 1 heterocycles. The van der Waals surface area contributed by atoms with E-state index in [2.05, 4.69) is 12.0 Å². The number of aryl methyl sites for hydroxylation is 2. The van der Waals surface area contributed by atoms with Crippen LogP contribution < -0.4 is 10.5 Å². The lowest BCUT2D eigenvalue weighted by Gasteiger charge is -2.07. The zero-order chi connectivity index (χ0) is 12.3. The summed E-state index contributed by atoms with van der Waals surface area (Å²) >= 11 is 0. The second kappa shape index (κ2) is 7.92. The van der Waals surface area contributed by atoms with Crippen molar-refractivity contribution >= 4 is 30.5 Å². The monoisotopic (exact) mass is 303 g/mol. The Kier molecular flexibility index (Phi) is 7.34. The number of hydrogen-bond donors (Lipinski definition) is 1. The van der Waals surface area contributed by atoms with Gasteiger partial charge in [0.15, 0.2) is 0 Å². The summed E-state index contributed by atoms with van der Waals surface area (Å²) in [7, 11) is 0. The molecule has 4 nitrogen and oxygen atoms in total. The predicted octanol–water partition coefficient (Wildman–Crippen LogP) is 3.22. The maximum Gasteiger partial charge on any atom is 0.142 e. The van der Waals surface area contributed by atoms with Crippen molar-refractivity contribution in [2.75, 3.05) is 5.73 Å². The van der Waals surface area contributed by atoms with Crippen LogP contribution in [0, 0.1) is 6.92 Å². The molecule has 0 bridgehead atoms. The summed E-state index contributed by atoms with van der Waals surface area (Å²) in [5.41, 5.74) is 8.56. The van der Waals surface area contributed by atoms with Gasteiger partial charge in [0.05, 0.1) is 11.4 Å². The van der Waals surface area contributed by atoms with Crippen molar-refractivity contribution in [1.82, 2.24) is 9.78 Å². The molecule has 19 heavy (non-hydrogen) atoms. The van der Waals surface area contributed by atoms with Crippen molar-refractivity contribution in [2.24, 2.45) is 0 Å². The third kappa shape index (κ3) is 4.33. The first-order chi connectivity index (χ1) is 8.20. The van der Waals surface area contributed by atoms with Gasteiger partial charge in [-0.1, -0.05) is 12.1 Å². The minimum Gasteiger partial charge on any atom is -0.487 e. The number of nitrogens with zero attached hydrogens (tertiary/aromatic N) is 2. The summed E-state index contributed by atoms with van der Waals surface area (Å²) in [6, 6.07) is 7.50. The highest BCUT2D eigenvalue weighted by molar-refractivity contribution is 5.85. The molecule has 0 amide bonds. The number of anilines is 1. The van der Waals surface area contributed by atoms with Crippen LogP contribution in [0.5, 0.6) is 5.75 Å². The van der Waals surface area contributed by atoms with Gasteiger partial charge in [0, 0.05) is 18.3 Å². The van der Waals surface area contributed by atoms with Gasteiger partial charge in [0.1, 0.15) is 12.4 Å². The first kappa shape index (κ1) is 17.6. The van der Waals surface area contributed by atoms with Crippen molar-refractivity contribution in [3.63, 3.8) is 0 Å². The van der Waals surface area contributed by atoms with E-state index in [-0.39, 0.29) is 24.8 Å². The highest BCUT2D eigenvalue weighted by Crippen LogP contribution is 2.21. The first-order valence-corrected chi connectivity index (χ1v) is 5.71. The molecule has 0 spiro atoms. The molecule has 0 fully saturated rings. The standard InChI is InChI=1S/C13H17N3O.2ClH/c1-3-16-8-11(10(2)15-16)9-17-13-7-5-4-6-12(13)14;;/h4-8H,3,9,14H2,1-2H3;2*1H. The normalized spacial score (nSPS) is 9.37. The zero-order valence-electron chi connectivity index (χ0n) is 11.0. The lowest BCUT2D eigenvalue weighted by atomic mass is 10.3. The lowest BCUT2D eigenvalue weighted by molar-refractivity contribution is 0.307. The number of para-hydroxylation sites is 2. The Labute approximate surface area is 125 Å². The van der Waals surface area contributed by atoms with Gasteiger partial charge in [-0.25, -0.2) is 0 Å². The summed E-state index contributed by atoms with van der Waals surface area (Å²) in [5.74, 6) is 0.719. The Balaban J connectivity index is 0.00000162. The van der Waals surface area contributed by atoms with Gasteiger partial charge < -0.3 is 10.5 Å². The van der Waals surface area contributed by atoms with Gasteiger partial charge in [-0.3, -0.25) is 4.68 Å². The molecule has 1 aromatic heterocycles. The fraction of sp³-hybridized carbons (Fsp3) is 0.308. The molecule has 0 atom stereocenters. The van der Waals surface area contributed by atoms with Gasteiger partial charge >= 0.3 is 0 Å². The molecule has 0 unspecified atom stereocenters. The summed E-state index contributed by atoms with van der Waals surface area (Å²) in [6.45, 7) is 5.42. The Hall–Kier alpha value is -1.39. The van der Waals surface area contributed by atoms with Crippen molar-refractivity contribution in [3.05, 3.63) is 41.7 Å². The third-order valence-electron chi connectivity index (χ3n) is 2.67. The molecule has 106 valence electrons. The molecule has 0 aliphatic rings. The third-order valence-corrected chi connectivity index (χ3v) is 2.67. The van der Waals surface area contributed by atoms with E-state index < -0.39 is 0 Å². The average molecular weight is 304 g/mol. The largest absolute Gasteiger partial charge is 0.487 e. The van der Waals surface area contributed by atoms with Crippen LogP contribution >= 0.6 is 24.8 Å². The molecule has 0 aliphatic heterocycles. The van der Waals surface area contributed by atoms with Gasteiger partial charge in [0.25, 0.3) is 0 Å². The number of aromatic nitrogens is 2. The zero-order valence-corrected chi connectivity index (χ0v) is 12.6. The number of nitrogen functional groups attached to an aromatic ring is 1. The minimum absolute atomic E-state index is 0. The Bertz CT molecular complexity index is 514. The number of halogens is 2. The average Bonchev–Trinajstić information content (AvgIpc) is 2.69. The van der Waals surface area contributed by atoms with E-state index in [1.54, 1.807) is 0 Å². The molecular weight excluding hydrogens is 285 g/mol. The van der Waals surface area contributed by atoms with E-state index in [9.17, 15) is 0 Å². The summed E-state index contributed by atoms with van der Waals surface area (Å²) < 4.78 is 7.59. The molecule has 0 saturated carbocycles. The SMILES string of the molecule is CCn1cc(COc2ccccc2N)c(C)n1.Cl.Cl. The summed E-state index contributed by atoms with van der Waals surface area (Å²) in [4.78, 5) is 0. The van der Waals surface area contributed by atoms with E-state index >= 15 is 0 Å². The fourth-order valence-corrected chi connectivity index (χ4v) is 1.63. The summed E-state index contributed by atoms with van der Waals surface area (Å²) in [6.07, 6.45) is 2.01. The van der Waals surface area contributed by atoms with E-state index in [1.165, 1.54) is 0 Å². The minimum atomic E-state index is 0. The lowest BCUT2D eigenvalue weighted by Crippen LogP contribution is -1.98. The number of benzene rings is 1. The van der Waals surface area contributed by atoms with Crippen LogP contribution in [0.1, 0.15) is 18.2 Å². The quantitative estimate of drug-likeness (QED) is 0.882. The second-order valence-electron chi connectivity index (χ2n) is 3.92. The molecule has 0 saturated heterocycles. The highest BCUT2D eigenvalue weighted by Gasteiger charge is 2.05. The van der Waals surface area contributed by atoms with Crippen LogP contribution in [0.3, 0.4) is 0 Å². The number of rotatable bonds is 4. The van der Waals surface area contributed by atoms with Crippen LogP contribution in [0.4, 0.5) is 5.69 Å². The van der Waals surface area contributed by atoms with E-state index in [0.717, 1.165) is 23.6 Å². The molecule has 1 aromatic carbocycles. The molecule has 2 aromatic rings. The molecule has 2 N–H and O–H groups in total. The van der Waals surface area contributed by atoms with Crippen LogP contribution in [0.15, 0.2) is 30.5 Å². The summed E-state index contributed by atoms with van der Waals surface area (Å²) in [5, 5.41) is 4.37. The van der Waals surface area contributed by atoms with Crippen LogP contribution in [-0.4, -0.2) is 9.78 Å². The fourth-order valence-electron chi connectivity index (χ4n) is 1.63. The Morgan fingerprint density at radius 3 is 2.53 bits per heavy atom. The second-order valence-corrected chi connectivity index (χ2v) is 3.92. The predicted molar refractivity (Wildman–Crippen MR) is 82.3 cm³/mol. The van der Waals surface area contributed by atoms with Gasteiger partial charge in [-0.05, 0) is 26.0 Å². The number of ether oxygens (including phenoxy) is 1. The van der Waals surface area contributed by atoms with Crippen molar-refractivity contribution in [2.45, 2.75) is 27.0 Å². The first-order valence-electron chi connectivity index (χ1n) is 5.71. The number of hydrogen-bond acceptors (Lipinski definition) is 3. The van der Waals surface area contributed by atoms with Gasteiger partial charge in [-0.2, -0.15) is 5.10 Å². The Morgan fingerprint density at radius 1 is 1.26 bits per heavy atom. The molecular formula is C13H19Cl2N3O. The van der Waals surface area contributed by atoms with Gasteiger partial charge in [0.2, 0.25) is 0 Å². The van der Waals surface area contributed by atoms with Crippen molar-refractivity contribution in [3.8, 4) is 5.75 Å². The van der Waals surface area contributed by atoms with E-state index in [4.69, 9.17) is 10.5 Å².